The van der Waals surface area contributed by atoms with Crippen LogP contribution < -0.4 is 11.1 Å². The molecular weight excluding hydrogens is 1040 g/mol. The van der Waals surface area contributed by atoms with Crippen LogP contribution in [-0.4, -0.2) is 190 Å². The molecule has 2 saturated heterocycles. The standard InChI is InChI=1S/C59H88N2O19/c1-35-17-15-13-11-9-7-5-6-8-10-12-14-16-18-47(78-58-55(73)53(60)54(72)37(3)77-58)32-50-52(57(74)75)49(70)34-59(76,80-50)33-46(68)29-44(66)27-42(64)25-41(63)26-43(65)28-45(67)31-51(71)79-56(35)36(2)19-24-40(62)30-48(69)38-20-22-39(61-4)23-21-38/h5-18,20-23,35-37,40-47,49-50,52-56,58,61-68,70,72-73,76H,19,24-34,60H2,1-4H3,(H,74,75)/t35?,36?,37-,40?,41?,42?,43?,44?,45?,46?,47?,49?,50?,52?,53+,54-,55+,56?,58?,59?/m1/s1. The molecule has 2 fully saturated rings. The molecule has 15 N–H and O–H groups in total. The van der Waals surface area contributed by atoms with Crippen molar-refractivity contribution in [2.45, 2.75) is 201 Å². The van der Waals surface area contributed by atoms with E-state index in [0.717, 1.165) is 5.69 Å². The van der Waals surface area contributed by atoms with Gasteiger partial charge in [-0.3, -0.25) is 14.4 Å². The van der Waals surface area contributed by atoms with Gasteiger partial charge in [0.05, 0.1) is 85.7 Å². The molecule has 21 nitrogen and oxygen atoms in total. The summed E-state index contributed by atoms with van der Waals surface area (Å²) in [6.07, 6.45) is 1.59. The summed E-state index contributed by atoms with van der Waals surface area (Å²) in [6.45, 7) is 5.25. The van der Waals surface area contributed by atoms with Gasteiger partial charge in [-0.1, -0.05) is 98.9 Å². The fourth-order valence-corrected chi connectivity index (χ4v) is 10.2. The van der Waals surface area contributed by atoms with E-state index in [1.54, 1.807) is 104 Å². The topological polar surface area (TPSA) is 369 Å². The average Bonchev–Trinajstić information content (AvgIpc) is 3.48. The Morgan fingerprint density at radius 2 is 1.23 bits per heavy atom. The van der Waals surface area contributed by atoms with Gasteiger partial charge in [-0.25, -0.2) is 0 Å². The van der Waals surface area contributed by atoms with Crippen LogP contribution in [0.25, 0.3) is 0 Å². The van der Waals surface area contributed by atoms with Crippen LogP contribution in [0.5, 0.6) is 0 Å². The maximum absolute atomic E-state index is 13.4. The molecular formula is C59H88N2O19. The molecule has 0 amide bonds. The zero-order valence-electron chi connectivity index (χ0n) is 46.1. The van der Waals surface area contributed by atoms with E-state index in [2.05, 4.69) is 5.32 Å². The predicted molar refractivity (Wildman–Crippen MR) is 296 cm³/mol. The molecule has 0 aliphatic carbocycles. The van der Waals surface area contributed by atoms with Crippen molar-refractivity contribution >= 4 is 23.4 Å². The predicted octanol–water partition coefficient (Wildman–Crippen LogP) is 2.54. The Balaban J connectivity index is 1.53. The van der Waals surface area contributed by atoms with Crippen LogP contribution >= 0.6 is 0 Å². The van der Waals surface area contributed by atoms with E-state index in [0.29, 0.717) is 12.0 Å². The minimum atomic E-state index is -2.33. The van der Waals surface area contributed by atoms with Gasteiger partial charge in [0.15, 0.2) is 17.9 Å². The number of carboxylic acid groups (broad SMARTS) is 1. The number of fused-ring (bicyclic) bond motifs is 2. The smallest absolute Gasteiger partial charge is 0.311 e. The molecule has 1 aromatic carbocycles. The summed E-state index contributed by atoms with van der Waals surface area (Å²) in [4.78, 5) is 38.8. The van der Waals surface area contributed by atoms with E-state index in [1.165, 1.54) is 13.0 Å². The Labute approximate surface area is 468 Å². The molecule has 0 radical (unpaired) electrons. The number of nitrogens with two attached hydrogens (primary N) is 1. The lowest BCUT2D eigenvalue weighted by atomic mass is 9.82. The molecule has 3 heterocycles. The molecule has 448 valence electrons. The quantitative estimate of drug-likeness (QED) is 0.112. The summed E-state index contributed by atoms with van der Waals surface area (Å²) < 4.78 is 23.7. The molecule has 0 aromatic heterocycles. The minimum absolute atomic E-state index is 0.0974. The van der Waals surface area contributed by atoms with Crippen LogP contribution in [0.3, 0.4) is 0 Å². The lowest BCUT2D eigenvalue weighted by Gasteiger charge is -2.45. The van der Waals surface area contributed by atoms with Crippen molar-refractivity contribution in [3.63, 3.8) is 0 Å². The van der Waals surface area contributed by atoms with Gasteiger partial charge in [-0.2, -0.15) is 0 Å². The number of cyclic esters (lactones) is 1. The van der Waals surface area contributed by atoms with Gasteiger partial charge in [0.2, 0.25) is 0 Å². The molecule has 80 heavy (non-hydrogen) atoms. The molecule has 20 atom stereocenters. The maximum atomic E-state index is 13.4. The zero-order valence-corrected chi connectivity index (χ0v) is 46.1. The number of benzene rings is 1. The van der Waals surface area contributed by atoms with E-state index in [9.17, 15) is 75.7 Å². The van der Waals surface area contributed by atoms with Crippen molar-refractivity contribution in [2.75, 3.05) is 12.4 Å². The number of hydrogen-bond donors (Lipinski definition) is 14. The normalized spacial score (nSPS) is 36.1. The third-order valence-corrected chi connectivity index (χ3v) is 14.5. The van der Waals surface area contributed by atoms with Crippen LogP contribution in [0, 0.1) is 17.8 Å². The van der Waals surface area contributed by atoms with Crippen LogP contribution in [0.1, 0.15) is 108 Å². The highest BCUT2D eigenvalue weighted by molar-refractivity contribution is 5.96. The Hall–Kier alpha value is -4.79. The number of ether oxygens (including phenoxy) is 4. The second-order valence-corrected chi connectivity index (χ2v) is 21.6. The first-order valence-corrected chi connectivity index (χ1v) is 27.6. The van der Waals surface area contributed by atoms with Gasteiger partial charge in [-0.15, -0.1) is 0 Å². The summed E-state index contributed by atoms with van der Waals surface area (Å²) in [5, 5.41) is 133. The minimum Gasteiger partial charge on any atom is -0.481 e. The second kappa shape index (κ2) is 34.0. The number of hydrogen-bond acceptors (Lipinski definition) is 20. The van der Waals surface area contributed by atoms with Gasteiger partial charge in [0, 0.05) is 49.9 Å². The van der Waals surface area contributed by atoms with Crippen LogP contribution in [0.2, 0.25) is 0 Å². The third-order valence-electron chi connectivity index (χ3n) is 14.5. The van der Waals surface area contributed by atoms with E-state index in [-0.39, 0.29) is 62.6 Å². The Morgan fingerprint density at radius 3 is 1.76 bits per heavy atom. The van der Waals surface area contributed by atoms with Crippen molar-refractivity contribution < 1.29 is 94.6 Å². The lowest BCUT2D eigenvalue weighted by Crippen LogP contribution is -2.61. The highest BCUT2D eigenvalue weighted by atomic mass is 16.7. The Kier molecular flexibility index (Phi) is 28.8. The van der Waals surface area contributed by atoms with Gasteiger partial charge in [-0.05, 0) is 82.1 Å². The maximum Gasteiger partial charge on any atom is 0.311 e. The van der Waals surface area contributed by atoms with Gasteiger partial charge in [0.1, 0.15) is 18.1 Å². The highest BCUT2D eigenvalue weighted by Gasteiger charge is 2.51. The Bertz CT molecular complexity index is 2250. The molecule has 1 aromatic rings. The summed E-state index contributed by atoms with van der Waals surface area (Å²) in [5.74, 6) is -7.02. The summed E-state index contributed by atoms with van der Waals surface area (Å²) in [7, 11) is 1.77. The van der Waals surface area contributed by atoms with E-state index < -0.39 is 147 Å². The van der Waals surface area contributed by atoms with Crippen molar-refractivity contribution in [1.29, 1.82) is 0 Å². The van der Waals surface area contributed by atoms with E-state index in [1.807, 2.05) is 19.9 Å². The number of ketones is 1. The number of aliphatic carboxylic acids is 1. The number of carbonyl (C=O) groups excluding carboxylic acids is 2. The fourth-order valence-electron chi connectivity index (χ4n) is 10.2. The van der Waals surface area contributed by atoms with Crippen molar-refractivity contribution in [1.82, 2.24) is 0 Å². The van der Waals surface area contributed by atoms with Crippen molar-refractivity contribution in [3.05, 3.63) is 115 Å². The number of aliphatic hydroxyl groups is 11. The molecule has 21 heteroatoms. The number of aliphatic hydroxyl groups excluding tert-OH is 10. The van der Waals surface area contributed by atoms with Crippen molar-refractivity contribution in [2.24, 2.45) is 23.5 Å². The van der Waals surface area contributed by atoms with Crippen molar-refractivity contribution in [3.8, 4) is 0 Å². The number of nitrogens with one attached hydrogen (secondary N) is 1. The first-order chi connectivity index (χ1) is 37.9. The lowest BCUT2D eigenvalue weighted by molar-refractivity contribution is -0.308. The monoisotopic (exact) mass is 1130 g/mol. The first-order valence-electron chi connectivity index (χ1n) is 27.6. The second-order valence-electron chi connectivity index (χ2n) is 21.6. The number of carbonyl (C=O) groups is 3. The molecule has 3 aliphatic heterocycles. The van der Waals surface area contributed by atoms with Crippen LogP contribution in [-0.2, 0) is 28.5 Å². The molecule has 0 saturated carbocycles. The average molecular weight is 1130 g/mol. The molecule has 3 aliphatic rings. The molecule has 0 spiro atoms. The number of esters is 1. The largest absolute Gasteiger partial charge is 0.481 e. The molecule has 4 rings (SSSR count). The summed E-state index contributed by atoms with van der Waals surface area (Å²) >= 11 is 0. The van der Waals surface area contributed by atoms with Gasteiger partial charge >= 0.3 is 11.9 Å². The SMILES string of the molecule is CNc1ccc(C(=O)CC(O)CCC(C)C2OC(=O)CC(O)CC(O)CC(O)CC(O)CC(O)CC(O)CC3(O)CC(O)C(C(=O)O)C(CC(OC4O[C@H](C)[C@@H](O)[C@H](N)[C@@H]4O)C=CC=CC=CC=CC=CC=CC=CC2C)O3)cc1. The van der Waals surface area contributed by atoms with Crippen LogP contribution in [0.15, 0.2) is 109 Å². The summed E-state index contributed by atoms with van der Waals surface area (Å²) in [6, 6.07) is 5.76. The number of carboxylic acids is 1. The summed E-state index contributed by atoms with van der Waals surface area (Å²) in [5.41, 5.74) is 7.36. The van der Waals surface area contributed by atoms with Crippen LogP contribution in [0.4, 0.5) is 5.69 Å². The van der Waals surface area contributed by atoms with Gasteiger partial charge in [0.25, 0.3) is 0 Å². The highest BCUT2D eigenvalue weighted by Crippen LogP contribution is 2.38. The third kappa shape index (κ3) is 23.2. The zero-order chi connectivity index (χ0) is 59.1. The fraction of sp³-hybridized carbons (Fsp3) is 0.610. The van der Waals surface area contributed by atoms with E-state index in [4.69, 9.17) is 24.7 Å². The molecule has 16 unspecified atom stereocenters. The number of Topliss-reactive ketones (excluding diaryl/α,β-unsaturated/α-hetero) is 1. The number of rotatable bonds is 11. The Morgan fingerprint density at radius 1 is 0.713 bits per heavy atom. The number of anilines is 1. The van der Waals surface area contributed by atoms with E-state index >= 15 is 0 Å². The number of allylic oxidation sites excluding steroid dienone is 12. The first kappa shape index (κ1) is 67.7. The molecule has 2 bridgehead atoms. The van der Waals surface area contributed by atoms with Gasteiger partial charge < -0.3 is 91.3 Å².